The van der Waals surface area contributed by atoms with Gasteiger partial charge in [-0.3, -0.25) is 10.1 Å². The van der Waals surface area contributed by atoms with Crippen molar-refractivity contribution < 1.29 is 13.6 Å². The van der Waals surface area contributed by atoms with Crippen molar-refractivity contribution in [1.82, 2.24) is 4.98 Å². The van der Waals surface area contributed by atoms with Crippen molar-refractivity contribution in [1.29, 1.82) is 0 Å². The predicted molar refractivity (Wildman–Crippen MR) is 107 cm³/mol. The molecule has 0 spiro atoms. The molecule has 1 amide bonds. The highest BCUT2D eigenvalue weighted by molar-refractivity contribution is 7.19. The van der Waals surface area contributed by atoms with Gasteiger partial charge in [-0.2, -0.15) is 0 Å². The van der Waals surface area contributed by atoms with Crippen molar-refractivity contribution in [2.75, 3.05) is 5.32 Å². The third kappa shape index (κ3) is 3.68. The third-order valence-corrected chi connectivity index (χ3v) is 5.13. The molecule has 4 aromatic rings. The maximum Gasteiger partial charge on any atom is 0.260 e. The highest BCUT2D eigenvalue weighted by Crippen LogP contribution is 2.39. The number of benzene rings is 3. The van der Waals surface area contributed by atoms with Crippen LogP contribution < -0.4 is 5.32 Å². The molecule has 3 aromatic carbocycles. The number of hydrogen-bond donors (Lipinski definition) is 1. The van der Waals surface area contributed by atoms with Gasteiger partial charge in [0.05, 0.1) is 16.1 Å². The summed E-state index contributed by atoms with van der Waals surface area (Å²) >= 11 is 1.30. The second-order valence-electron chi connectivity index (χ2n) is 6.01. The minimum Gasteiger partial charge on any atom is -0.298 e. The van der Waals surface area contributed by atoms with E-state index in [1.807, 2.05) is 60.7 Å². The largest absolute Gasteiger partial charge is 0.298 e. The van der Waals surface area contributed by atoms with Gasteiger partial charge in [0.1, 0.15) is 11.6 Å². The molecule has 0 fully saturated rings. The summed E-state index contributed by atoms with van der Waals surface area (Å²) in [6, 6.07) is 22.2. The number of nitrogens with one attached hydrogen (secondary N) is 1. The maximum absolute atomic E-state index is 13.9. The summed E-state index contributed by atoms with van der Waals surface area (Å²) in [5, 5.41) is 2.96. The number of nitrogens with zero attached hydrogens (tertiary/aromatic N) is 1. The van der Waals surface area contributed by atoms with Crippen molar-refractivity contribution in [3.05, 3.63) is 96.1 Å². The first-order chi connectivity index (χ1) is 13.6. The Kier molecular flexibility index (Phi) is 4.95. The number of hydrogen-bond acceptors (Lipinski definition) is 3. The van der Waals surface area contributed by atoms with Gasteiger partial charge in [0.15, 0.2) is 5.13 Å². The molecule has 0 saturated heterocycles. The van der Waals surface area contributed by atoms with E-state index in [4.69, 9.17) is 0 Å². The summed E-state index contributed by atoms with van der Waals surface area (Å²) in [6.45, 7) is 0. The molecule has 0 radical (unpaired) electrons. The van der Waals surface area contributed by atoms with E-state index < -0.39 is 17.5 Å². The van der Waals surface area contributed by atoms with Crippen LogP contribution in [-0.4, -0.2) is 10.9 Å². The molecule has 0 aliphatic heterocycles. The van der Waals surface area contributed by atoms with E-state index in [0.717, 1.165) is 33.8 Å². The molecule has 0 atom stereocenters. The van der Waals surface area contributed by atoms with Crippen LogP contribution in [0.15, 0.2) is 78.9 Å². The molecule has 3 nitrogen and oxygen atoms in total. The van der Waals surface area contributed by atoms with Crippen molar-refractivity contribution in [3.8, 4) is 21.7 Å². The van der Waals surface area contributed by atoms with Gasteiger partial charge in [-0.15, -0.1) is 0 Å². The highest BCUT2D eigenvalue weighted by Gasteiger charge is 2.18. The van der Waals surface area contributed by atoms with Gasteiger partial charge in [0, 0.05) is 11.6 Å². The van der Waals surface area contributed by atoms with Crippen LogP contribution >= 0.6 is 11.3 Å². The molecule has 28 heavy (non-hydrogen) atoms. The quantitative estimate of drug-likeness (QED) is 0.462. The van der Waals surface area contributed by atoms with Gasteiger partial charge in [-0.1, -0.05) is 72.0 Å². The van der Waals surface area contributed by atoms with Crippen molar-refractivity contribution in [3.63, 3.8) is 0 Å². The average molecular weight is 392 g/mol. The number of aromatic nitrogens is 1. The van der Waals surface area contributed by atoms with E-state index in [1.165, 1.54) is 11.3 Å². The van der Waals surface area contributed by atoms with Gasteiger partial charge in [0.25, 0.3) is 5.91 Å². The molecule has 0 bridgehead atoms. The molecule has 0 saturated carbocycles. The lowest BCUT2D eigenvalue weighted by atomic mass is 10.1. The molecule has 6 heteroatoms. The molecular formula is C22H14F2N2OS. The zero-order chi connectivity index (χ0) is 19.5. The van der Waals surface area contributed by atoms with Crippen LogP contribution in [0.5, 0.6) is 0 Å². The van der Waals surface area contributed by atoms with Crippen molar-refractivity contribution >= 4 is 22.4 Å². The zero-order valence-corrected chi connectivity index (χ0v) is 15.3. The van der Waals surface area contributed by atoms with E-state index in [-0.39, 0.29) is 5.56 Å². The fourth-order valence-corrected chi connectivity index (χ4v) is 3.78. The molecule has 4 rings (SSSR count). The van der Waals surface area contributed by atoms with E-state index in [9.17, 15) is 13.6 Å². The molecule has 0 aliphatic carbocycles. The number of halogens is 2. The number of carbonyl (C=O) groups is 1. The Bertz CT molecular complexity index is 1070. The Morgan fingerprint density at radius 1 is 0.857 bits per heavy atom. The number of thiazole rings is 1. The summed E-state index contributed by atoms with van der Waals surface area (Å²) in [4.78, 5) is 17.9. The first kappa shape index (κ1) is 18.0. The monoisotopic (exact) mass is 392 g/mol. The maximum atomic E-state index is 13.9. The average Bonchev–Trinajstić information content (AvgIpc) is 3.13. The van der Waals surface area contributed by atoms with Crippen LogP contribution in [0, 0.1) is 11.6 Å². The lowest BCUT2D eigenvalue weighted by Gasteiger charge is -2.03. The fourth-order valence-electron chi connectivity index (χ4n) is 2.79. The molecule has 1 heterocycles. The second-order valence-corrected chi connectivity index (χ2v) is 7.01. The van der Waals surface area contributed by atoms with Gasteiger partial charge in [-0.25, -0.2) is 13.8 Å². The minimum atomic E-state index is -0.916. The Morgan fingerprint density at radius 3 is 2.14 bits per heavy atom. The zero-order valence-electron chi connectivity index (χ0n) is 14.5. The first-order valence-corrected chi connectivity index (χ1v) is 9.31. The molecule has 1 aromatic heterocycles. The molecule has 0 aliphatic rings. The predicted octanol–water partition coefficient (Wildman–Crippen LogP) is 6.01. The molecule has 0 unspecified atom stereocenters. The summed E-state index contributed by atoms with van der Waals surface area (Å²) in [6.07, 6.45) is 0. The summed E-state index contributed by atoms with van der Waals surface area (Å²) in [7, 11) is 0. The van der Waals surface area contributed by atoms with Crippen LogP contribution in [0.25, 0.3) is 21.7 Å². The third-order valence-electron chi connectivity index (χ3n) is 4.11. The van der Waals surface area contributed by atoms with Crippen molar-refractivity contribution in [2.45, 2.75) is 0 Å². The number of carbonyl (C=O) groups excluding carboxylic acids is 1. The Morgan fingerprint density at radius 2 is 1.50 bits per heavy atom. The van der Waals surface area contributed by atoms with Crippen molar-refractivity contribution in [2.24, 2.45) is 0 Å². The van der Waals surface area contributed by atoms with Gasteiger partial charge < -0.3 is 0 Å². The number of amides is 1. The fraction of sp³-hybridized carbons (Fsp3) is 0. The van der Waals surface area contributed by atoms with Gasteiger partial charge in [-0.05, 0) is 17.7 Å². The van der Waals surface area contributed by atoms with Crippen LogP contribution in [0.1, 0.15) is 10.4 Å². The van der Waals surface area contributed by atoms with Crippen LogP contribution in [0.3, 0.4) is 0 Å². The normalized spacial score (nSPS) is 10.6. The van der Waals surface area contributed by atoms with Crippen LogP contribution in [0.4, 0.5) is 13.9 Å². The van der Waals surface area contributed by atoms with Crippen LogP contribution in [0.2, 0.25) is 0 Å². The summed E-state index contributed by atoms with van der Waals surface area (Å²) in [5.74, 6) is -2.33. The molecule has 1 N–H and O–H groups in total. The number of rotatable bonds is 4. The lowest BCUT2D eigenvalue weighted by Crippen LogP contribution is -2.13. The minimum absolute atomic E-state index is 0.237. The second kappa shape index (κ2) is 7.70. The summed E-state index contributed by atoms with van der Waals surface area (Å²) < 4.78 is 27.0. The topological polar surface area (TPSA) is 42.0 Å². The van der Waals surface area contributed by atoms with Gasteiger partial charge in [0.2, 0.25) is 0 Å². The Balaban J connectivity index is 1.72. The summed E-state index contributed by atoms with van der Waals surface area (Å²) in [5.41, 5.74) is 2.36. The molecular weight excluding hydrogens is 378 g/mol. The SMILES string of the molecule is O=C(Nc1nc(-c2ccccc2)c(-c2ccccc2)s1)c1ccc(F)cc1F. The highest BCUT2D eigenvalue weighted by atomic mass is 32.1. The van der Waals surface area contributed by atoms with E-state index in [2.05, 4.69) is 10.3 Å². The Hall–Kier alpha value is -3.38. The van der Waals surface area contributed by atoms with E-state index >= 15 is 0 Å². The van der Waals surface area contributed by atoms with Gasteiger partial charge >= 0.3 is 0 Å². The number of anilines is 1. The lowest BCUT2D eigenvalue weighted by molar-refractivity contribution is 0.102. The van der Waals surface area contributed by atoms with E-state index in [0.29, 0.717) is 11.2 Å². The van der Waals surface area contributed by atoms with E-state index in [1.54, 1.807) is 0 Å². The van der Waals surface area contributed by atoms with Crippen LogP contribution in [-0.2, 0) is 0 Å². The smallest absolute Gasteiger partial charge is 0.260 e. The molecule has 138 valence electrons. The standard InChI is InChI=1S/C22H14F2N2OS/c23-16-11-12-17(18(24)13-16)21(27)26-22-25-19(14-7-3-1-4-8-14)20(28-22)15-9-5-2-6-10-15/h1-13H,(H,25,26,27). The Labute approximate surface area is 164 Å². The first-order valence-electron chi connectivity index (χ1n) is 8.50.